The molecule has 0 bridgehead atoms. The normalized spacial score (nSPS) is 24.8. The fourth-order valence-electron chi connectivity index (χ4n) is 3.77. The van der Waals surface area contributed by atoms with Gasteiger partial charge in [0.25, 0.3) is 0 Å². The predicted octanol–water partition coefficient (Wildman–Crippen LogP) is 1.92. The molecule has 1 saturated heterocycles. The van der Waals surface area contributed by atoms with Gasteiger partial charge in [-0.15, -0.1) is 0 Å². The summed E-state index contributed by atoms with van der Waals surface area (Å²) in [5, 5.41) is 11.7. The van der Waals surface area contributed by atoms with Crippen molar-refractivity contribution in [3.8, 4) is 0 Å². The lowest BCUT2D eigenvalue weighted by Gasteiger charge is -2.38. The second kappa shape index (κ2) is 4.63. The summed E-state index contributed by atoms with van der Waals surface area (Å²) in [4.78, 5) is 16.2. The zero-order valence-electron chi connectivity index (χ0n) is 12.5. The maximum Gasteiger partial charge on any atom is 0.142 e. The van der Waals surface area contributed by atoms with Gasteiger partial charge in [-0.05, 0) is 39.2 Å². The molecule has 21 heavy (non-hydrogen) atoms. The number of pyridine rings is 1. The van der Waals surface area contributed by atoms with Gasteiger partial charge in [0, 0.05) is 18.7 Å². The van der Waals surface area contributed by atoms with Gasteiger partial charge in [-0.1, -0.05) is 0 Å². The molecular formula is C16H20N4O. The second-order valence-corrected chi connectivity index (χ2v) is 6.23. The second-order valence-electron chi connectivity index (χ2n) is 6.23. The van der Waals surface area contributed by atoms with Gasteiger partial charge in [-0.2, -0.15) is 0 Å². The van der Waals surface area contributed by atoms with Crippen molar-refractivity contribution in [3.05, 3.63) is 23.3 Å². The summed E-state index contributed by atoms with van der Waals surface area (Å²) in [6, 6.07) is 2.18. The molecule has 1 N–H and O–H groups in total. The predicted molar refractivity (Wildman–Crippen MR) is 81.5 cm³/mol. The molecule has 2 aromatic heterocycles. The summed E-state index contributed by atoms with van der Waals surface area (Å²) in [5.41, 5.74) is 2.86. The summed E-state index contributed by atoms with van der Waals surface area (Å²) in [6.45, 7) is 4.88. The Hall–Kier alpha value is -1.75. The van der Waals surface area contributed by atoms with Crippen molar-refractivity contribution in [2.45, 2.75) is 51.7 Å². The molecule has 1 fully saturated rings. The number of aryl methyl sites for hydroxylation is 2. The zero-order valence-corrected chi connectivity index (χ0v) is 12.5. The fraction of sp³-hybridized carbons (Fsp3) is 0.562. The minimum absolute atomic E-state index is 0.158. The first-order valence-electron chi connectivity index (χ1n) is 7.73. The summed E-state index contributed by atoms with van der Waals surface area (Å²) in [5.74, 6) is 1.76. The molecule has 2 unspecified atom stereocenters. The Labute approximate surface area is 124 Å². The van der Waals surface area contributed by atoms with E-state index >= 15 is 0 Å². The number of fused-ring (bicyclic) bond motifs is 2. The zero-order chi connectivity index (χ0) is 14.6. The van der Waals surface area contributed by atoms with Gasteiger partial charge in [-0.3, -0.25) is 4.98 Å². The number of hydrogen-bond acceptors (Lipinski definition) is 5. The van der Waals surface area contributed by atoms with E-state index in [1.54, 1.807) is 0 Å². The van der Waals surface area contributed by atoms with Crippen molar-refractivity contribution in [1.29, 1.82) is 0 Å². The standard InChI is InChI=1S/C16H20N4O/c1-9-7-11-15-12(17-9)8-14(21)13-5-3-4-6-20(13)16(15)19-10(2)18-11/h7,13-14,21H,3-6,8H2,1-2H3. The van der Waals surface area contributed by atoms with Gasteiger partial charge in [0.05, 0.1) is 28.7 Å². The minimum Gasteiger partial charge on any atom is -0.391 e. The van der Waals surface area contributed by atoms with Crippen LogP contribution in [0.5, 0.6) is 0 Å². The quantitative estimate of drug-likeness (QED) is 0.801. The highest BCUT2D eigenvalue weighted by atomic mass is 16.3. The maximum atomic E-state index is 10.6. The number of aliphatic hydroxyl groups is 1. The van der Waals surface area contributed by atoms with E-state index in [1.807, 2.05) is 19.9 Å². The molecule has 5 nitrogen and oxygen atoms in total. The first-order valence-corrected chi connectivity index (χ1v) is 7.73. The van der Waals surface area contributed by atoms with Crippen LogP contribution in [-0.4, -0.2) is 38.7 Å². The number of aromatic nitrogens is 3. The molecule has 4 rings (SSSR count). The van der Waals surface area contributed by atoms with Crippen LogP contribution < -0.4 is 4.90 Å². The summed E-state index contributed by atoms with van der Waals surface area (Å²) < 4.78 is 0. The molecule has 4 heterocycles. The van der Waals surface area contributed by atoms with Gasteiger partial charge in [-0.25, -0.2) is 9.97 Å². The van der Waals surface area contributed by atoms with Crippen LogP contribution in [0.15, 0.2) is 6.07 Å². The molecule has 0 aromatic carbocycles. The Morgan fingerprint density at radius 1 is 1.19 bits per heavy atom. The molecule has 2 aliphatic rings. The van der Waals surface area contributed by atoms with Crippen LogP contribution >= 0.6 is 0 Å². The van der Waals surface area contributed by atoms with Crippen LogP contribution in [0.4, 0.5) is 5.82 Å². The summed E-state index contributed by atoms with van der Waals surface area (Å²) >= 11 is 0. The van der Waals surface area contributed by atoms with E-state index < -0.39 is 0 Å². The molecule has 2 aliphatic heterocycles. The van der Waals surface area contributed by atoms with Crippen molar-refractivity contribution < 1.29 is 5.11 Å². The Morgan fingerprint density at radius 2 is 2.05 bits per heavy atom. The largest absolute Gasteiger partial charge is 0.391 e. The highest BCUT2D eigenvalue weighted by molar-refractivity contribution is 5.92. The lowest BCUT2D eigenvalue weighted by molar-refractivity contribution is 0.128. The van der Waals surface area contributed by atoms with Crippen LogP contribution in [0, 0.1) is 13.8 Å². The third kappa shape index (κ3) is 1.99. The Morgan fingerprint density at radius 3 is 2.90 bits per heavy atom. The number of hydrogen-bond donors (Lipinski definition) is 1. The van der Waals surface area contributed by atoms with Crippen molar-refractivity contribution in [1.82, 2.24) is 15.0 Å². The highest BCUT2D eigenvalue weighted by Crippen LogP contribution is 2.36. The molecule has 0 radical (unpaired) electrons. The number of anilines is 1. The smallest absolute Gasteiger partial charge is 0.142 e. The van der Waals surface area contributed by atoms with Crippen LogP contribution in [0.25, 0.3) is 10.9 Å². The topological polar surface area (TPSA) is 62.1 Å². The number of nitrogens with zero attached hydrogens (tertiary/aromatic N) is 4. The maximum absolute atomic E-state index is 10.6. The van der Waals surface area contributed by atoms with Gasteiger partial charge < -0.3 is 10.0 Å². The molecule has 0 aliphatic carbocycles. The van der Waals surface area contributed by atoms with Crippen LogP contribution in [0.2, 0.25) is 0 Å². The van der Waals surface area contributed by atoms with Crippen molar-refractivity contribution in [2.24, 2.45) is 0 Å². The third-order valence-electron chi connectivity index (χ3n) is 4.64. The number of rotatable bonds is 0. The van der Waals surface area contributed by atoms with E-state index in [9.17, 15) is 5.11 Å². The SMILES string of the molecule is Cc1cc2nc(C)nc3c2c(n1)CC(O)C1CCCCN31. The van der Waals surface area contributed by atoms with Gasteiger partial charge in [0.2, 0.25) is 0 Å². The van der Waals surface area contributed by atoms with Crippen LogP contribution in [0.1, 0.15) is 36.5 Å². The molecule has 0 spiro atoms. The molecule has 2 atom stereocenters. The van der Waals surface area contributed by atoms with Crippen molar-refractivity contribution in [2.75, 3.05) is 11.4 Å². The summed E-state index contributed by atoms with van der Waals surface area (Å²) in [6.07, 6.45) is 3.57. The highest BCUT2D eigenvalue weighted by Gasteiger charge is 2.35. The first-order chi connectivity index (χ1) is 10.1. The molecular weight excluding hydrogens is 264 g/mol. The molecule has 110 valence electrons. The van der Waals surface area contributed by atoms with E-state index in [4.69, 9.17) is 4.98 Å². The summed E-state index contributed by atoms with van der Waals surface area (Å²) in [7, 11) is 0. The number of aliphatic hydroxyl groups excluding tert-OH is 1. The van der Waals surface area contributed by atoms with Crippen LogP contribution in [-0.2, 0) is 6.42 Å². The van der Waals surface area contributed by atoms with E-state index in [-0.39, 0.29) is 12.1 Å². The average molecular weight is 284 g/mol. The molecule has 5 heteroatoms. The molecule has 2 aromatic rings. The third-order valence-corrected chi connectivity index (χ3v) is 4.64. The number of piperidine rings is 1. The Balaban J connectivity index is 2.03. The van der Waals surface area contributed by atoms with Crippen molar-refractivity contribution >= 4 is 16.7 Å². The minimum atomic E-state index is -0.377. The Kier molecular flexibility index (Phi) is 2.85. The fourth-order valence-corrected chi connectivity index (χ4v) is 3.77. The average Bonchev–Trinajstić information content (AvgIpc) is 2.56. The van der Waals surface area contributed by atoms with Gasteiger partial charge >= 0.3 is 0 Å². The Bertz CT molecular complexity index is 710. The van der Waals surface area contributed by atoms with E-state index in [0.29, 0.717) is 6.42 Å². The van der Waals surface area contributed by atoms with Gasteiger partial charge in [0.1, 0.15) is 11.6 Å². The monoisotopic (exact) mass is 284 g/mol. The van der Waals surface area contributed by atoms with Gasteiger partial charge in [0.15, 0.2) is 0 Å². The van der Waals surface area contributed by atoms with E-state index in [0.717, 1.165) is 53.3 Å². The van der Waals surface area contributed by atoms with E-state index in [1.165, 1.54) is 6.42 Å². The lowest BCUT2D eigenvalue weighted by atomic mass is 9.96. The first kappa shape index (κ1) is 13.0. The molecule has 0 amide bonds. The van der Waals surface area contributed by atoms with Crippen LogP contribution in [0.3, 0.4) is 0 Å². The molecule has 0 saturated carbocycles. The lowest BCUT2D eigenvalue weighted by Crippen LogP contribution is -2.47. The van der Waals surface area contributed by atoms with E-state index in [2.05, 4.69) is 14.9 Å². The van der Waals surface area contributed by atoms with Crippen molar-refractivity contribution in [3.63, 3.8) is 0 Å².